The highest BCUT2D eigenvalue weighted by molar-refractivity contribution is 6.52. The standard InChI is InChI=1S/C4H10O.C2H2Cl2O2.H3N/c1-3-5-4-2;3-1(4)2(5)6;/h3-4H2,1-2H3;1H,(H,5,6);1H3. The molecule has 0 heterocycles. The first-order valence-electron chi connectivity index (χ1n) is 3.14. The Kier molecular flexibility index (Phi) is 20.2. The third kappa shape index (κ3) is 22.5. The highest BCUT2D eigenvalue weighted by atomic mass is 35.5. The minimum Gasteiger partial charge on any atom is -0.479 e. The van der Waals surface area contributed by atoms with Gasteiger partial charge in [0.05, 0.1) is 0 Å². The summed E-state index contributed by atoms with van der Waals surface area (Å²) in [5, 5.41) is 7.73. The Hall–Kier alpha value is -0.0300. The normalized spacial score (nSPS) is 8.08. The van der Waals surface area contributed by atoms with E-state index in [9.17, 15) is 4.79 Å². The average molecular weight is 220 g/mol. The summed E-state index contributed by atoms with van der Waals surface area (Å²) in [6.07, 6.45) is 0. The van der Waals surface area contributed by atoms with Crippen LogP contribution in [0.2, 0.25) is 0 Å². The number of rotatable bonds is 3. The Morgan fingerprint density at radius 2 is 1.67 bits per heavy atom. The van der Waals surface area contributed by atoms with Crippen LogP contribution in [0.5, 0.6) is 0 Å². The summed E-state index contributed by atoms with van der Waals surface area (Å²) in [6.45, 7) is 5.67. The third-order valence-electron chi connectivity index (χ3n) is 0.595. The lowest BCUT2D eigenvalue weighted by molar-refractivity contribution is -0.135. The van der Waals surface area contributed by atoms with Crippen molar-refractivity contribution in [2.24, 2.45) is 0 Å². The molecule has 0 saturated heterocycles. The fraction of sp³-hybridized carbons (Fsp3) is 0.833. The van der Waals surface area contributed by atoms with Crippen molar-refractivity contribution >= 4 is 29.2 Å². The minimum absolute atomic E-state index is 0. The van der Waals surface area contributed by atoms with E-state index in [1.807, 2.05) is 13.8 Å². The Balaban J connectivity index is -0.000000126. The fourth-order valence-electron chi connectivity index (χ4n) is 0.204. The van der Waals surface area contributed by atoms with Crippen LogP contribution in [0, 0.1) is 0 Å². The van der Waals surface area contributed by atoms with Gasteiger partial charge < -0.3 is 16.0 Å². The monoisotopic (exact) mass is 219 g/mol. The average Bonchev–Trinajstić information content (AvgIpc) is 1.90. The maximum absolute atomic E-state index is 9.44. The molecule has 76 valence electrons. The highest BCUT2D eigenvalue weighted by Gasteiger charge is 2.05. The molecular formula is C6H15Cl2NO3. The second kappa shape index (κ2) is 13.6. The molecule has 0 aromatic rings. The zero-order valence-corrected chi connectivity index (χ0v) is 8.73. The molecule has 0 aromatic heterocycles. The van der Waals surface area contributed by atoms with Crippen molar-refractivity contribution in [2.45, 2.75) is 18.7 Å². The Morgan fingerprint density at radius 1 is 1.42 bits per heavy atom. The number of hydrogen-bond acceptors (Lipinski definition) is 3. The predicted octanol–water partition coefficient (Wildman–Crippen LogP) is 2.08. The summed E-state index contributed by atoms with van der Waals surface area (Å²) in [7, 11) is 0. The molecule has 6 heteroatoms. The molecule has 0 fully saturated rings. The van der Waals surface area contributed by atoms with Crippen LogP contribution in [0.4, 0.5) is 0 Å². The molecule has 0 radical (unpaired) electrons. The number of alkyl halides is 2. The second-order valence-corrected chi connectivity index (χ2v) is 2.52. The van der Waals surface area contributed by atoms with E-state index in [2.05, 4.69) is 0 Å². The molecule has 0 aliphatic heterocycles. The molecule has 0 aliphatic rings. The molecule has 0 rings (SSSR count). The molecule has 0 atom stereocenters. The molecule has 0 spiro atoms. The van der Waals surface area contributed by atoms with E-state index in [1.165, 1.54) is 0 Å². The van der Waals surface area contributed by atoms with Crippen molar-refractivity contribution in [1.82, 2.24) is 6.15 Å². The summed E-state index contributed by atoms with van der Waals surface area (Å²) in [5.41, 5.74) is 0. The highest BCUT2D eigenvalue weighted by Crippen LogP contribution is 1.98. The van der Waals surface area contributed by atoms with Gasteiger partial charge in [0.1, 0.15) is 0 Å². The first kappa shape index (κ1) is 17.9. The van der Waals surface area contributed by atoms with Crippen LogP contribution in [0.25, 0.3) is 0 Å². The van der Waals surface area contributed by atoms with E-state index < -0.39 is 10.8 Å². The smallest absolute Gasteiger partial charge is 0.337 e. The van der Waals surface area contributed by atoms with Gasteiger partial charge in [-0.25, -0.2) is 4.79 Å². The number of aliphatic carboxylic acids is 1. The maximum atomic E-state index is 9.44. The molecule has 0 amide bonds. The van der Waals surface area contributed by atoms with Gasteiger partial charge in [-0.15, -0.1) is 0 Å². The van der Waals surface area contributed by atoms with Crippen molar-refractivity contribution < 1.29 is 14.6 Å². The lowest BCUT2D eigenvalue weighted by Crippen LogP contribution is -2.03. The van der Waals surface area contributed by atoms with Crippen LogP contribution in [-0.2, 0) is 9.53 Å². The minimum atomic E-state index is -1.29. The molecular weight excluding hydrogens is 205 g/mol. The van der Waals surface area contributed by atoms with Gasteiger partial charge in [0.15, 0.2) is 0 Å². The molecule has 12 heavy (non-hydrogen) atoms. The molecule has 0 saturated carbocycles. The van der Waals surface area contributed by atoms with E-state index in [0.717, 1.165) is 13.2 Å². The van der Waals surface area contributed by atoms with Gasteiger partial charge >= 0.3 is 5.97 Å². The van der Waals surface area contributed by atoms with Crippen molar-refractivity contribution in [3.8, 4) is 0 Å². The lowest BCUT2D eigenvalue weighted by Gasteiger charge is -1.86. The van der Waals surface area contributed by atoms with Gasteiger partial charge in [0, 0.05) is 13.2 Å². The van der Waals surface area contributed by atoms with Crippen LogP contribution >= 0.6 is 23.2 Å². The predicted molar refractivity (Wildman–Crippen MR) is 50.3 cm³/mol. The summed E-state index contributed by atoms with van der Waals surface area (Å²) in [6, 6.07) is 0. The van der Waals surface area contributed by atoms with Crippen LogP contribution in [0.15, 0.2) is 0 Å². The second-order valence-electron chi connectivity index (χ2n) is 1.42. The number of hydrogen-bond donors (Lipinski definition) is 2. The zero-order chi connectivity index (χ0) is 9.28. The van der Waals surface area contributed by atoms with Gasteiger partial charge in [-0.3, -0.25) is 0 Å². The Morgan fingerprint density at radius 3 is 1.67 bits per heavy atom. The largest absolute Gasteiger partial charge is 0.479 e. The van der Waals surface area contributed by atoms with Crippen LogP contribution in [0.3, 0.4) is 0 Å². The van der Waals surface area contributed by atoms with Crippen LogP contribution in [0.1, 0.15) is 13.8 Å². The maximum Gasteiger partial charge on any atom is 0.337 e. The number of halogens is 2. The first-order valence-corrected chi connectivity index (χ1v) is 4.02. The molecule has 0 aromatic carbocycles. The van der Waals surface area contributed by atoms with Gasteiger partial charge in [-0.1, -0.05) is 23.2 Å². The summed E-state index contributed by atoms with van der Waals surface area (Å²) in [5.74, 6) is -1.21. The van der Waals surface area contributed by atoms with Crippen LogP contribution in [-0.4, -0.2) is 29.1 Å². The van der Waals surface area contributed by atoms with Crippen molar-refractivity contribution in [1.29, 1.82) is 0 Å². The van der Waals surface area contributed by atoms with E-state index >= 15 is 0 Å². The quantitative estimate of drug-likeness (QED) is 0.713. The van der Waals surface area contributed by atoms with E-state index in [0.29, 0.717) is 0 Å². The molecule has 4 nitrogen and oxygen atoms in total. The van der Waals surface area contributed by atoms with E-state index in [1.54, 1.807) is 0 Å². The first-order chi connectivity index (χ1) is 5.06. The molecule has 0 unspecified atom stereocenters. The number of carboxylic acid groups (broad SMARTS) is 1. The summed E-state index contributed by atoms with van der Waals surface area (Å²) in [4.78, 5) is 8.15. The Labute approximate surface area is 82.4 Å². The van der Waals surface area contributed by atoms with E-state index in [4.69, 9.17) is 33.0 Å². The topological polar surface area (TPSA) is 81.5 Å². The van der Waals surface area contributed by atoms with Crippen molar-refractivity contribution in [3.05, 3.63) is 0 Å². The zero-order valence-electron chi connectivity index (χ0n) is 7.22. The van der Waals surface area contributed by atoms with Crippen molar-refractivity contribution in [2.75, 3.05) is 13.2 Å². The molecule has 0 bridgehead atoms. The van der Waals surface area contributed by atoms with Gasteiger partial charge in [-0.2, -0.15) is 0 Å². The fourth-order valence-corrected chi connectivity index (χ4v) is 0.204. The molecule has 0 aliphatic carbocycles. The Bertz CT molecular complexity index is 98.8. The lowest BCUT2D eigenvalue weighted by atomic mass is 10.8. The van der Waals surface area contributed by atoms with Gasteiger partial charge in [0.25, 0.3) is 0 Å². The summed E-state index contributed by atoms with van der Waals surface area (Å²) >= 11 is 9.56. The number of ether oxygens (including phenoxy) is 1. The third-order valence-corrected chi connectivity index (χ3v) is 0.968. The SMILES string of the molecule is CCOCC.N.O=C(O)C(Cl)Cl. The van der Waals surface area contributed by atoms with Gasteiger partial charge in [0.2, 0.25) is 4.84 Å². The van der Waals surface area contributed by atoms with Gasteiger partial charge in [-0.05, 0) is 13.8 Å². The number of carboxylic acids is 1. The van der Waals surface area contributed by atoms with Crippen LogP contribution < -0.4 is 6.15 Å². The number of carbonyl (C=O) groups is 1. The summed E-state index contributed by atoms with van der Waals surface area (Å²) < 4.78 is 4.83. The molecule has 4 N–H and O–H groups in total. The van der Waals surface area contributed by atoms with Crippen molar-refractivity contribution in [3.63, 3.8) is 0 Å². The van der Waals surface area contributed by atoms with E-state index in [-0.39, 0.29) is 6.15 Å².